The van der Waals surface area contributed by atoms with Gasteiger partial charge in [-0.2, -0.15) is 0 Å². The topological polar surface area (TPSA) is 113 Å². The van der Waals surface area contributed by atoms with Gasteiger partial charge in [-0.25, -0.2) is 22.1 Å². The van der Waals surface area contributed by atoms with E-state index in [0.717, 1.165) is 0 Å². The van der Waals surface area contributed by atoms with Crippen molar-refractivity contribution in [3.8, 4) is 0 Å². The van der Waals surface area contributed by atoms with E-state index >= 15 is 0 Å². The fourth-order valence-electron chi connectivity index (χ4n) is 4.08. The summed E-state index contributed by atoms with van der Waals surface area (Å²) in [5.41, 5.74) is 0.266. The molecule has 2 amide bonds. The molecule has 36 heavy (non-hydrogen) atoms. The molecule has 2 aliphatic heterocycles. The molecule has 0 bridgehead atoms. The number of fused-ring (bicyclic) bond motifs is 1. The van der Waals surface area contributed by atoms with Gasteiger partial charge in [0.1, 0.15) is 16.7 Å². The van der Waals surface area contributed by atoms with Crippen molar-refractivity contribution >= 4 is 46.4 Å². The first-order chi connectivity index (χ1) is 17.1. The van der Waals surface area contributed by atoms with Crippen LogP contribution in [-0.2, 0) is 33.5 Å². The zero-order valence-electron chi connectivity index (χ0n) is 19.5. The third kappa shape index (κ3) is 5.80. The van der Waals surface area contributed by atoms with Crippen molar-refractivity contribution in [2.24, 2.45) is 0 Å². The van der Waals surface area contributed by atoms with Crippen LogP contribution in [0.4, 0.5) is 18.9 Å². The van der Waals surface area contributed by atoms with Crippen molar-refractivity contribution in [1.29, 1.82) is 0 Å². The van der Waals surface area contributed by atoms with Gasteiger partial charge in [-0.3, -0.25) is 14.4 Å². The summed E-state index contributed by atoms with van der Waals surface area (Å²) in [6.45, 7) is 0.963. The Morgan fingerprint density at radius 3 is 2.42 bits per heavy atom. The lowest BCUT2D eigenvalue weighted by Gasteiger charge is -2.14. The maximum absolute atomic E-state index is 13.5. The van der Waals surface area contributed by atoms with Gasteiger partial charge in [-0.05, 0) is 33.4 Å². The molecule has 1 fully saturated rings. The highest BCUT2D eigenvalue weighted by molar-refractivity contribution is 7.83. The van der Waals surface area contributed by atoms with E-state index in [-0.39, 0.29) is 40.2 Å². The lowest BCUT2D eigenvalue weighted by molar-refractivity contribution is -0.138. The standard InChI is InChI=1S/C20H18ClF3N4O4S.C2H7N/c21-16-18(20(31)25-11-6-12(22)17(24)13(23)7-11)28-4-1-2-14(28)19(16)33(32)26-10-3-5-27(8-10)15(30)9-29;1-3-2/h6-7,9-10,26H,1-5,8H2,(H,25,31);3H,1-2H3. The summed E-state index contributed by atoms with van der Waals surface area (Å²) in [5, 5.41) is 4.98. The van der Waals surface area contributed by atoms with Crippen molar-refractivity contribution in [2.75, 3.05) is 32.5 Å². The number of likely N-dealkylation sites (tertiary alicyclic amines) is 1. The Balaban J connectivity index is 0.00000115. The Morgan fingerprint density at radius 2 is 1.81 bits per heavy atom. The molecule has 1 aromatic heterocycles. The number of aldehydes is 1. The molecule has 2 unspecified atom stereocenters. The van der Waals surface area contributed by atoms with Crippen molar-refractivity contribution in [3.63, 3.8) is 0 Å². The number of nitrogens with zero attached hydrogens (tertiary/aromatic N) is 2. The second-order valence-corrected chi connectivity index (χ2v) is 9.74. The van der Waals surface area contributed by atoms with Crippen molar-refractivity contribution in [1.82, 2.24) is 19.5 Å². The van der Waals surface area contributed by atoms with E-state index in [9.17, 15) is 31.8 Å². The Kier molecular flexibility index (Phi) is 9.28. The predicted molar refractivity (Wildman–Crippen MR) is 128 cm³/mol. The van der Waals surface area contributed by atoms with E-state index in [2.05, 4.69) is 15.4 Å². The fourth-order valence-corrected chi connectivity index (χ4v) is 5.89. The van der Waals surface area contributed by atoms with E-state index in [0.29, 0.717) is 50.2 Å². The van der Waals surface area contributed by atoms with Crippen LogP contribution < -0.4 is 15.4 Å². The summed E-state index contributed by atoms with van der Waals surface area (Å²) < 4.78 is 57.8. The second kappa shape index (κ2) is 12.0. The molecule has 4 rings (SSSR count). The molecule has 0 radical (unpaired) electrons. The average Bonchev–Trinajstić information content (AvgIpc) is 3.53. The maximum Gasteiger partial charge on any atom is 0.286 e. The van der Waals surface area contributed by atoms with E-state index in [1.807, 2.05) is 14.1 Å². The first-order valence-electron chi connectivity index (χ1n) is 11.0. The molecule has 2 aliphatic rings. The van der Waals surface area contributed by atoms with Crippen LogP contribution in [-0.4, -0.2) is 65.0 Å². The monoisotopic (exact) mass is 547 g/mol. The van der Waals surface area contributed by atoms with Gasteiger partial charge < -0.3 is 20.1 Å². The molecule has 0 aliphatic carbocycles. The number of halogens is 4. The van der Waals surface area contributed by atoms with Crippen LogP contribution >= 0.6 is 11.6 Å². The fraction of sp³-hybridized carbons (Fsp3) is 0.409. The van der Waals surface area contributed by atoms with Gasteiger partial charge in [-0.1, -0.05) is 11.6 Å². The summed E-state index contributed by atoms with van der Waals surface area (Å²) in [5.74, 6) is -6.01. The number of nitrogens with one attached hydrogen (secondary N) is 3. The van der Waals surface area contributed by atoms with Crippen molar-refractivity contribution in [2.45, 2.75) is 36.7 Å². The van der Waals surface area contributed by atoms with Gasteiger partial charge in [0.25, 0.3) is 11.8 Å². The van der Waals surface area contributed by atoms with Crippen LogP contribution in [0.15, 0.2) is 17.0 Å². The Bertz CT molecular complexity index is 1190. The van der Waals surface area contributed by atoms with E-state index in [4.69, 9.17) is 11.6 Å². The van der Waals surface area contributed by atoms with Gasteiger partial charge in [0.15, 0.2) is 17.5 Å². The summed E-state index contributed by atoms with van der Waals surface area (Å²) >= 11 is 6.44. The molecule has 0 saturated carbocycles. The molecule has 0 spiro atoms. The minimum Gasteiger partial charge on any atom is -0.338 e. The third-order valence-electron chi connectivity index (χ3n) is 5.58. The molecule has 2 aromatic rings. The van der Waals surface area contributed by atoms with Gasteiger partial charge in [0, 0.05) is 49.2 Å². The van der Waals surface area contributed by atoms with Crippen LogP contribution in [0.3, 0.4) is 0 Å². The molecule has 2 atom stereocenters. The highest BCUT2D eigenvalue weighted by Gasteiger charge is 2.34. The highest BCUT2D eigenvalue weighted by atomic mass is 35.5. The normalized spacial score (nSPS) is 17.3. The lowest BCUT2D eigenvalue weighted by Crippen LogP contribution is -2.36. The molecule has 9 nitrogen and oxygen atoms in total. The number of amides is 2. The first-order valence-corrected chi connectivity index (χ1v) is 12.5. The minimum atomic E-state index is -1.83. The third-order valence-corrected chi connectivity index (χ3v) is 7.41. The molecular weight excluding hydrogens is 523 g/mol. The highest BCUT2D eigenvalue weighted by Crippen LogP contribution is 2.36. The summed E-state index contributed by atoms with van der Waals surface area (Å²) in [7, 11) is 1.92. The average molecular weight is 548 g/mol. The molecule has 3 N–H and O–H groups in total. The Hall–Kier alpha value is -2.74. The zero-order valence-corrected chi connectivity index (χ0v) is 21.1. The number of rotatable bonds is 6. The number of carbonyl (C=O) groups excluding carboxylic acids is 3. The van der Waals surface area contributed by atoms with Crippen LogP contribution in [0.5, 0.6) is 0 Å². The van der Waals surface area contributed by atoms with Gasteiger partial charge in [-0.15, -0.1) is 0 Å². The van der Waals surface area contributed by atoms with Crippen LogP contribution in [0, 0.1) is 17.5 Å². The largest absolute Gasteiger partial charge is 0.338 e. The van der Waals surface area contributed by atoms with Crippen LogP contribution in [0.2, 0.25) is 5.02 Å². The molecule has 1 aromatic carbocycles. The van der Waals surface area contributed by atoms with Gasteiger partial charge >= 0.3 is 0 Å². The summed E-state index contributed by atoms with van der Waals surface area (Å²) in [4.78, 5) is 36.6. The number of anilines is 1. The number of hydrogen-bond donors (Lipinski definition) is 3. The van der Waals surface area contributed by atoms with E-state index < -0.39 is 40.3 Å². The lowest BCUT2D eigenvalue weighted by atomic mass is 10.2. The van der Waals surface area contributed by atoms with Crippen LogP contribution in [0.1, 0.15) is 29.0 Å². The Morgan fingerprint density at radius 1 is 1.17 bits per heavy atom. The number of aromatic nitrogens is 1. The Labute approximate surface area is 212 Å². The summed E-state index contributed by atoms with van der Waals surface area (Å²) in [6.07, 6.45) is 1.88. The van der Waals surface area contributed by atoms with E-state index in [1.54, 1.807) is 4.57 Å². The first kappa shape index (κ1) is 27.8. The minimum absolute atomic E-state index is 0.0244. The molecular formula is C22H25ClF3N5O4S. The quantitative estimate of drug-likeness (QED) is 0.291. The van der Waals surface area contributed by atoms with Crippen molar-refractivity contribution < 1.29 is 31.8 Å². The molecule has 1 saturated heterocycles. The maximum atomic E-state index is 13.5. The number of hydrogen-bond acceptors (Lipinski definition) is 5. The molecule has 196 valence electrons. The number of benzene rings is 1. The van der Waals surface area contributed by atoms with Gasteiger partial charge in [0.2, 0.25) is 6.29 Å². The smallest absolute Gasteiger partial charge is 0.286 e. The van der Waals surface area contributed by atoms with E-state index in [1.165, 1.54) is 4.90 Å². The van der Waals surface area contributed by atoms with Gasteiger partial charge in [0.05, 0.1) is 9.92 Å². The van der Waals surface area contributed by atoms with Crippen molar-refractivity contribution in [3.05, 3.63) is 46.0 Å². The predicted octanol–water partition coefficient (Wildman–Crippen LogP) is 2.00. The zero-order chi connectivity index (χ0) is 26.6. The van der Waals surface area contributed by atoms with Crippen LogP contribution in [0.25, 0.3) is 0 Å². The molecule has 14 heteroatoms. The summed E-state index contributed by atoms with van der Waals surface area (Å²) in [6, 6.07) is 0.946. The molecule has 3 heterocycles. The second-order valence-electron chi connectivity index (χ2n) is 8.18. The SMILES string of the molecule is CNC.O=CC(=O)N1CCC(NS(=O)c2c(Cl)c(C(=O)Nc3cc(F)c(F)c(F)c3)n3c2CCC3)C1. The number of carbonyl (C=O) groups is 3.